The van der Waals surface area contributed by atoms with E-state index in [1.165, 1.54) is 32.1 Å². The number of nitrogens with two attached hydrogens (primary N) is 1. The second-order valence-electron chi connectivity index (χ2n) is 5.60. The topological polar surface area (TPSA) is 46.3 Å². The van der Waals surface area contributed by atoms with Crippen molar-refractivity contribution in [2.24, 2.45) is 11.7 Å². The molecule has 3 heteroatoms. The highest BCUT2D eigenvalue weighted by atomic mass is 16.2. The fraction of sp³-hybridized carbons (Fsp3) is 0.929. The molecule has 0 aromatic rings. The smallest absolute Gasteiger partial charge is 0.222 e. The second kappa shape index (κ2) is 7.00. The minimum Gasteiger partial charge on any atom is -0.343 e. The molecular formula is C14H28N2O. The normalized spacial score (nSPS) is 26.6. The van der Waals surface area contributed by atoms with E-state index < -0.39 is 0 Å². The molecule has 1 rings (SSSR count). The summed E-state index contributed by atoms with van der Waals surface area (Å²) in [6.07, 6.45) is 7.61. The Morgan fingerprint density at radius 1 is 1.35 bits per heavy atom. The van der Waals surface area contributed by atoms with Gasteiger partial charge in [-0.2, -0.15) is 0 Å². The van der Waals surface area contributed by atoms with Crippen molar-refractivity contribution in [3.8, 4) is 0 Å². The minimum atomic E-state index is 0.128. The van der Waals surface area contributed by atoms with Crippen LogP contribution in [0.1, 0.15) is 58.8 Å². The van der Waals surface area contributed by atoms with E-state index in [1.54, 1.807) is 0 Å². The Morgan fingerprint density at radius 3 is 2.41 bits per heavy atom. The number of rotatable bonds is 5. The van der Waals surface area contributed by atoms with Gasteiger partial charge in [-0.1, -0.05) is 13.3 Å². The Hall–Kier alpha value is -0.570. The molecule has 100 valence electrons. The first kappa shape index (κ1) is 14.5. The first-order valence-electron chi connectivity index (χ1n) is 7.05. The average molecular weight is 240 g/mol. The molecule has 3 nitrogen and oxygen atoms in total. The molecule has 0 aromatic carbocycles. The zero-order chi connectivity index (χ0) is 12.8. The standard InChI is InChI=1S/C14H28N2O/c1-4-12-6-8-13(9-7-12)16(3)14(17)10-5-11(2)15/h11-13H,4-10,15H2,1-3H3. The van der Waals surface area contributed by atoms with E-state index in [9.17, 15) is 4.79 Å². The van der Waals surface area contributed by atoms with Crippen molar-refractivity contribution in [3.63, 3.8) is 0 Å². The molecule has 1 amide bonds. The van der Waals surface area contributed by atoms with Crippen LogP contribution in [0.25, 0.3) is 0 Å². The SMILES string of the molecule is CCC1CCC(N(C)C(=O)CCC(C)N)CC1. The molecule has 2 N–H and O–H groups in total. The van der Waals surface area contributed by atoms with E-state index in [4.69, 9.17) is 5.73 Å². The molecule has 0 radical (unpaired) electrons. The average Bonchev–Trinajstić information content (AvgIpc) is 2.35. The maximum absolute atomic E-state index is 12.0. The van der Waals surface area contributed by atoms with E-state index in [2.05, 4.69) is 6.92 Å². The number of hydrogen-bond donors (Lipinski definition) is 1. The first-order valence-corrected chi connectivity index (χ1v) is 7.05. The monoisotopic (exact) mass is 240 g/mol. The lowest BCUT2D eigenvalue weighted by Gasteiger charge is -2.34. The minimum absolute atomic E-state index is 0.128. The van der Waals surface area contributed by atoms with Crippen molar-refractivity contribution in [3.05, 3.63) is 0 Å². The van der Waals surface area contributed by atoms with Crippen LogP contribution in [0.5, 0.6) is 0 Å². The van der Waals surface area contributed by atoms with Crippen LogP contribution in [-0.4, -0.2) is 29.9 Å². The number of nitrogens with zero attached hydrogens (tertiary/aromatic N) is 1. The fourth-order valence-corrected chi connectivity index (χ4v) is 2.67. The third kappa shape index (κ3) is 4.66. The highest BCUT2D eigenvalue weighted by Gasteiger charge is 2.25. The lowest BCUT2D eigenvalue weighted by molar-refractivity contribution is -0.132. The zero-order valence-corrected chi connectivity index (χ0v) is 11.6. The van der Waals surface area contributed by atoms with Gasteiger partial charge < -0.3 is 10.6 Å². The molecule has 1 atom stereocenters. The highest BCUT2D eigenvalue weighted by Crippen LogP contribution is 2.29. The molecule has 1 aliphatic carbocycles. The van der Waals surface area contributed by atoms with Gasteiger partial charge in [0, 0.05) is 25.6 Å². The van der Waals surface area contributed by atoms with Gasteiger partial charge in [-0.05, 0) is 44.9 Å². The van der Waals surface area contributed by atoms with Crippen molar-refractivity contribution in [2.45, 2.75) is 70.9 Å². The third-order valence-corrected chi connectivity index (χ3v) is 4.15. The molecule has 1 aliphatic rings. The van der Waals surface area contributed by atoms with E-state index in [-0.39, 0.29) is 11.9 Å². The van der Waals surface area contributed by atoms with Crippen molar-refractivity contribution in [1.82, 2.24) is 4.90 Å². The summed E-state index contributed by atoms with van der Waals surface area (Å²) in [4.78, 5) is 13.9. The quantitative estimate of drug-likeness (QED) is 0.802. The molecule has 0 heterocycles. The van der Waals surface area contributed by atoms with Crippen molar-refractivity contribution in [1.29, 1.82) is 0 Å². The fourth-order valence-electron chi connectivity index (χ4n) is 2.67. The summed E-state index contributed by atoms with van der Waals surface area (Å²) in [6, 6.07) is 0.599. The predicted molar refractivity (Wildman–Crippen MR) is 71.7 cm³/mol. The van der Waals surface area contributed by atoms with Gasteiger partial charge in [-0.25, -0.2) is 0 Å². The second-order valence-corrected chi connectivity index (χ2v) is 5.60. The van der Waals surface area contributed by atoms with Crippen LogP contribution in [0.15, 0.2) is 0 Å². The lowest BCUT2D eigenvalue weighted by Crippen LogP contribution is -2.39. The Kier molecular flexibility index (Phi) is 5.96. The van der Waals surface area contributed by atoms with Crippen LogP contribution in [0.4, 0.5) is 0 Å². The zero-order valence-electron chi connectivity index (χ0n) is 11.6. The Morgan fingerprint density at radius 2 is 1.94 bits per heavy atom. The first-order chi connectivity index (χ1) is 8.04. The number of hydrogen-bond acceptors (Lipinski definition) is 2. The van der Waals surface area contributed by atoms with Crippen LogP contribution < -0.4 is 5.73 Å². The molecule has 1 fully saturated rings. The van der Waals surface area contributed by atoms with Crippen LogP contribution in [0.2, 0.25) is 0 Å². The van der Waals surface area contributed by atoms with Crippen molar-refractivity contribution < 1.29 is 4.79 Å². The van der Waals surface area contributed by atoms with E-state index in [1.807, 2.05) is 18.9 Å². The van der Waals surface area contributed by atoms with Crippen LogP contribution in [0.3, 0.4) is 0 Å². The maximum atomic E-state index is 12.0. The lowest BCUT2D eigenvalue weighted by atomic mass is 9.84. The summed E-state index contributed by atoms with van der Waals surface area (Å²) in [6.45, 7) is 4.22. The number of amides is 1. The maximum Gasteiger partial charge on any atom is 0.222 e. The van der Waals surface area contributed by atoms with E-state index in [0.717, 1.165) is 12.3 Å². The van der Waals surface area contributed by atoms with Crippen molar-refractivity contribution >= 4 is 5.91 Å². The molecule has 0 saturated heterocycles. The molecule has 0 aromatic heterocycles. The van der Waals surface area contributed by atoms with Crippen molar-refractivity contribution in [2.75, 3.05) is 7.05 Å². The van der Waals surface area contributed by atoms with Crippen LogP contribution in [-0.2, 0) is 4.79 Å². The van der Waals surface area contributed by atoms with E-state index >= 15 is 0 Å². The van der Waals surface area contributed by atoms with Gasteiger partial charge in [0.25, 0.3) is 0 Å². The summed E-state index contributed by atoms with van der Waals surface area (Å²) in [7, 11) is 1.96. The summed E-state index contributed by atoms with van der Waals surface area (Å²) in [5.74, 6) is 1.15. The highest BCUT2D eigenvalue weighted by molar-refractivity contribution is 5.76. The van der Waals surface area contributed by atoms with Crippen LogP contribution >= 0.6 is 0 Å². The summed E-state index contributed by atoms with van der Waals surface area (Å²) < 4.78 is 0. The van der Waals surface area contributed by atoms with E-state index in [0.29, 0.717) is 12.5 Å². The van der Waals surface area contributed by atoms with Gasteiger partial charge in [-0.3, -0.25) is 4.79 Å². The van der Waals surface area contributed by atoms with Gasteiger partial charge in [0.2, 0.25) is 5.91 Å². The molecule has 1 saturated carbocycles. The molecule has 0 spiro atoms. The Bertz CT molecular complexity index is 232. The van der Waals surface area contributed by atoms with Crippen LogP contribution in [0, 0.1) is 5.92 Å². The largest absolute Gasteiger partial charge is 0.343 e. The number of carbonyl (C=O) groups excluding carboxylic acids is 1. The molecule has 0 bridgehead atoms. The van der Waals surface area contributed by atoms with Gasteiger partial charge in [0.1, 0.15) is 0 Å². The molecular weight excluding hydrogens is 212 g/mol. The van der Waals surface area contributed by atoms with Gasteiger partial charge in [0.15, 0.2) is 0 Å². The Balaban J connectivity index is 2.32. The van der Waals surface area contributed by atoms with Gasteiger partial charge in [0.05, 0.1) is 0 Å². The van der Waals surface area contributed by atoms with Gasteiger partial charge >= 0.3 is 0 Å². The summed E-state index contributed by atoms with van der Waals surface area (Å²) in [5.41, 5.74) is 5.68. The summed E-state index contributed by atoms with van der Waals surface area (Å²) in [5, 5.41) is 0. The molecule has 17 heavy (non-hydrogen) atoms. The predicted octanol–water partition coefficient (Wildman–Crippen LogP) is 2.54. The summed E-state index contributed by atoms with van der Waals surface area (Å²) >= 11 is 0. The molecule has 0 aliphatic heterocycles. The third-order valence-electron chi connectivity index (χ3n) is 4.15. The Labute approximate surface area is 106 Å². The van der Waals surface area contributed by atoms with Gasteiger partial charge in [-0.15, -0.1) is 0 Å². The molecule has 1 unspecified atom stereocenters. The number of carbonyl (C=O) groups is 1.